The minimum absolute atomic E-state index is 0.310. The Kier molecular flexibility index (Phi) is 8.44. The molecule has 0 atom stereocenters. The number of carbonyl (C=O) groups excluding carboxylic acids is 1. The molecule has 0 radical (unpaired) electrons. The molecule has 0 amide bonds. The van der Waals surface area contributed by atoms with Gasteiger partial charge in [0.2, 0.25) is 0 Å². The third-order valence-electron chi connectivity index (χ3n) is 1.81. The fourth-order valence-electron chi connectivity index (χ4n) is 0.959. The van der Waals surface area contributed by atoms with Gasteiger partial charge < -0.3 is 4.74 Å². The topological polar surface area (TPSA) is 26.3 Å². The van der Waals surface area contributed by atoms with Crippen LogP contribution in [0.4, 0.5) is 0 Å². The van der Waals surface area contributed by atoms with Gasteiger partial charge in [-0.25, -0.2) is 4.79 Å². The average molecular weight is 208 g/mol. The first-order valence-corrected chi connectivity index (χ1v) is 5.27. The monoisotopic (exact) mass is 208 g/mol. The Morgan fingerprint density at radius 3 is 2.53 bits per heavy atom. The number of carbonyl (C=O) groups is 1. The van der Waals surface area contributed by atoms with Gasteiger partial charge in [0.25, 0.3) is 0 Å². The lowest BCUT2D eigenvalue weighted by molar-refractivity contribution is -0.138. The maximum absolute atomic E-state index is 11.0. The fourth-order valence-corrected chi connectivity index (χ4v) is 0.959. The van der Waals surface area contributed by atoms with Crippen LogP contribution in [0.3, 0.4) is 0 Å². The van der Waals surface area contributed by atoms with Gasteiger partial charge in [0.15, 0.2) is 0 Å². The van der Waals surface area contributed by atoms with Gasteiger partial charge in [-0.3, -0.25) is 0 Å². The van der Waals surface area contributed by atoms with Crippen LogP contribution in [0.25, 0.3) is 0 Å². The lowest BCUT2D eigenvalue weighted by Crippen LogP contribution is -2.05. The van der Waals surface area contributed by atoms with Gasteiger partial charge in [0.1, 0.15) is 0 Å². The number of esters is 1. The van der Waals surface area contributed by atoms with E-state index in [4.69, 9.17) is 4.74 Å². The van der Waals surface area contributed by atoms with Gasteiger partial charge in [-0.2, -0.15) is 0 Å². The summed E-state index contributed by atoms with van der Waals surface area (Å²) in [7, 11) is 0. The van der Waals surface area contributed by atoms with Crippen LogP contribution in [0.2, 0.25) is 0 Å². The molecule has 0 aromatic carbocycles. The highest BCUT2D eigenvalue weighted by atomic mass is 16.5. The first kappa shape index (κ1) is 13.7. The van der Waals surface area contributed by atoms with Crippen molar-refractivity contribution in [1.82, 2.24) is 0 Å². The quantitative estimate of drug-likeness (QED) is 0.264. The molecule has 0 bridgehead atoms. The van der Waals surface area contributed by atoms with E-state index in [9.17, 15) is 4.79 Å². The molecule has 0 spiro atoms. The lowest BCUT2D eigenvalue weighted by Gasteiger charge is -2.00. The molecule has 0 rings (SSSR count). The van der Waals surface area contributed by atoms with Crippen LogP contribution in [0.1, 0.15) is 32.6 Å². The first-order chi connectivity index (χ1) is 7.18. The Balaban J connectivity index is 3.34. The van der Waals surface area contributed by atoms with Crippen LogP contribution < -0.4 is 0 Å². The smallest absolute Gasteiger partial charge is 0.333 e. The zero-order chi connectivity index (χ0) is 11.5. The summed E-state index contributed by atoms with van der Waals surface area (Å²) in [6.45, 7) is 9.24. The van der Waals surface area contributed by atoms with Crippen LogP contribution in [-0.2, 0) is 9.53 Å². The Morgan fingerprint density at radius 1 is 1.27 bits per heavy atom. The second-order valence-corrected chi connectivity index (χ2v) is 3.40. The molecule has 2 heteroatoms. The van der Waals surface area contributed by atoms with Crippen LogP contribution in [0.15, 0.2) is 37.0 Å². The Morgan fingerprint density at radius 2 is 1.93 bits per heavy atom. The summed E-state index contributed by atoms with van der Waals surface area (Å²) in [6, 6.07) is 0. The standard InChI is InChI=1S/C13H20O2/c1-4-5-6-7-8-9-10-11-15-13(14)12(2)3/h4,8-9H,1-2,5-7,10-11H2,3H3. The van der Waals surface area contributed by atoms with E-state index in [1.165, 1.54) is 0 Å². The molecule has 0 aliphatic carbocycles. The molecule has 0 fully saturated rings. The minimum atomic E-state index is -0.310. The van der Waals surface area contributed by atoms with E-state index in [1.807, 2.05) is 12.2 Å². The van der Waals surface area contributed by atoms with Crippen molar-refractivity contribution < 1.29 is 9.53 Å². The van der Waals surface area contributed by atoms with Crippen molar-refractivity contribution in [2.24, 2.45) is 0 Å². The van der Waals surface area contributed by atoms with Crippen molar-refractivity contribution in [3.05, 3.63) is 37.0 Å². The molecular formula is C13H20O2. The molecule has 84 valence electrons. The summed E-state index contributed by atoms with van der Waals surface area (Å²) in [5.74, 6) is -0.310. The van der Waals surface area contributed by atoms with Gasteiger partial charge >= 0.3 is 5.97 Å². The number of rotatable bonds is 8. The SMILES string of the molecule is C=CCCCC=CCCOC(=O)C(=C)C. The van der Waals surface area contributed by atoms with Crippen molar-refractivity contribution in [2.75, 3.05) is 6.61 Å². The second-order valence-electron chi connectivity index (χ2n) is 3.40. The number of hydrogen-bond donors (Lipinski definition) is 0. The van der Waals surface area contributed by atoms with Crippen LogP contribution in [0.5, 0.6) is 0 Å². The van der Waals surface area contributed by atoms with Crippen LogP contribution in [0, 0.1) is 0 Å². The Hall–Kier alpha value is -1.31. The molecule has 0 aliphatic rings. The van der Waals surface area contributed by atoms with E-state index >= 15 is 0 Å². The summed E-state index contributed by atoms with van der Waals surface area (Å²) in [4.78, 5) is 11.0. The highest BCUT2D eigenvalue weighted by molar-refractivity contribution is 5.86. The predicted molar refractivity (Wildman–Crippen MR) is 63.6 cm³/mol. The summed E-state index contributed by atoms with van der Waals surface area (Å²) in [6.07, 6.45) is 10.1. The molecule has 0 saturated heterocycles. The predicted octanol–water partition coefficient (Wildman–Crippen LogP) is 3.41. The Bertz CT molecular complexity index is 239. The van der Waals surface area contributed by atoms with Crippen molar-refractivity contribution in [3.63, 3.8) is 0 Å². The van der Waals surface area contributed by atoms with Gasteiger partial charge in [-0.05, 0) is 32.6 Å². The third kappa shape index (κ3) is 9.01. The number of allylic oxidation sites excluding steroid dienone is 2. The van der Waals surface area contributed by atoms with E-state index in [2.05, 4.69) is 19.2 Å². The summed E-state index contributed by atoms with van der Waals surface area (Å²) >= 11 is 0. The van der Waals surface area contributed by atoms with Crippen molar-refractivity contribution in [2.45, 2.75) is 32.6 Å². The Labute approximate surface area is 92.3 Å². The average Bonchev–Trinajstić information content (AvgIpc) is 2.21. The van der Waals surface area contributed by atoms with E-state index in [0.29, 0.717) is 12.2 Å². The molecule has 0 N–H and O–H groups in total. The van der Waals surface area contributed by atoms with E-state index in [1.54, 1.807) is 6.92 Å². The molecule has 0 unspecified atom stereocenters. The first-order valence-electron chi connectivity index (χ1n) is 5.27. The van der Waals surface area contributed by atoms with Gasteiger partial charge in [-0.15, -0.1) is 6.58 Å². The van der Waals surface area contributed by atoms with Crippen LogP contribution in [-0.4, -0.2) is 12.6 Å². The summed E-state index contributed by atoms with van der Waals surface area (Å²) in [5, 5.41) is 0. The molecule has 0 aromatic heterocycles. The number of hydrogen-bond acceptors (Lipinski definition) is 2. The molecule has 0 aliphatic heterocycles. The van der Waals surface area contributed by atoms with Gasteiger partial charge in [0, 0.05) is 5.57 Å². The number of unbranched alkanes of at least 4 members (excludes halogenated alkanes) is 2. The van der Waals surface area contributed by atoms with E-state index < -0.39 is 0 Å². The molecule has 0 heterocycles. The third-order valence-corrected chi connectivity index (χ3v) is 1.81. The minimum Gasteiger partial charge on any atom is -0.462 e. The summed E-state index contributed by atoms with van der Waals surface area (Å²) in [5.41, 5.74) is 0.449. The largest absolute Gasteiger partial charge is 0.462 e. The molecule has 2 nitrogen and oxygen atoms in total. The highest BCUT2D eigenvalue weighted by Gasteiger charge is 2.00. The number of ether oxygens (including phenoxy) is 1. The zero-order valence-electron chi connectivity index (χ0n) is 9.50. The van der Waals surface area contributed by atoms with Crippen molar-refractivity contribution >= 4 is 5.97 Å². The normalized spacial score (nSPS) is 10.2. The fraction of sp³-hybridized carbons (Fsp3) is 0.462. The van der Waals surface area contributed by atoms with Crippen molar-refractivity contribution in [1.29, 1.82) is 0 Å². The summed E-state index contributed by atoms with van der Waals surface area (Å²) < 4.78 is 4.93. The zero-order valence-corrected chi connectivity index (χ0v) is 9.50. The lowest BCUT2D eigenvalue weighted by atomic mass is 10.2. The maximum atomic E-state index is 11.0. The molecular weight excluding hydrogens is 188 g/mol. The second kappa shape index (κ2) is 9.25. The molecule has 0 aromatic rings. The van der Waals surface area contributed by atoms with Gasteiger partial charge in [0.05, 0.1) is 6.61 Å². The molecule has 0 saturated carbocycles. The van der Waals surface area contributed by atoms with Crippen LogP contribution >= 0.6 is 0 Å². The van der Waals surface area contributed by atoms with E-state index in [0.717, 1.165) is 25.7 Å². The highest BCUT2D eigenvalue weighted by Crippen LogP contribution is 1.98. The maximum Gasteiger partial charge on any atom is 0.333 e. The molecule has 15 heavy (non-hydrogen) atoms. The van der Waals surface area contributed by atoms with Gasteiger partial charge in [-0.1, -0.05) is 24.8 Å². The van der Waals surface area contributed by atoms with E-state index in [-0.39, 0.29) is 5.97 Å². The van der Waals surface area contributed by atoms with Crippen molar-refractivity contribution in [3.8, 4) is 0 Å².